The van der Waals surface area contributed by atoms with E-state index in [1.807, 2.05) is 31.7 Å². The molecular weight excluding hydrogens is 288 g/mol. The van der Waals surface area contributed by atoms with Gasteiger partial charge in [0.2, 0.25) is 0 Å². The third-order valence-corrected chi connectivity index (χ3v) is 4.65. The molecule has 3 rings (SSSR count). The highest BCUT2D eigenvalue weighted by molar-refractivity contribution is 5.70. The fraction of sp³-hybridized carbons (Fsp3) is 0.632. The van der Waals surface area contributed by atoms with E-state index in [0.29, 0.717) is 12.0 Å². The van der Waals surface area contributed by atoms with Gasteiger partial charge in [0, 0.05) is 18.0 Å². The van der Waals surface area contributed by atoms with Gasteiger partial charge in [-0.25, -0.2) is 4.79 Å². The summed E-state index contributed by atoms with van der Waals surface area (Å²) < 4.78 is 5.71. The van der Waals surface area contributed by atoms with Crippen LogP contribution < -0.4 is 5.32 Å². The first kappa shape index (κ1) is 16.3. The van der Waals surface area contributed by atoms with Gasteiger partial charge >= 0.3 is 6.09 Å². The van der Waals surface area contributed by atoms with E-state index < -0.39 is 5.60 Å². The molecule has 0 aromatic heterocycles. The minimum atomic E-state index is -0.445. The van der Waals surface area contributed by atoms with Crippen molar-refractivity contribution in [3.05, 3.63) is 35.9 Å². The average Bonchev–Trinajstić information content (AvgIpc) is 3.28. The molecule has 1 saturated carbocycles. The Hall–Kier alpha value is -1.55. The highest BCUT2D eigenvalue weighted by atomic mass is 16.6. The van der Waals surface area contributed by atoms with Gasteiger partial charge < -0.3 is 15.0 Å². The number of ether oxygens (including phenoxy) is 1. The molecule has 1 aromatic carbocycles. The Bertz CT molecular complexity index is 532. The van der Waals surface area contributed by atoms with E-state index in [0.717, 1.165) is 32.4 Å². The summed E-state index contributed by atoms with van der Waals surface area (Å²) in [6, 6.07) is 11.1. The zero-order chi connectivity index (χ0) is 16.4. The molecule has 0 bridgehead atoms. The summed E-state index contributed by atoms with van der Waals surface area (Å²) in [5, 5.41) is 3.38. The number of hydrogen-bond acceptors (Lipinski definition) is 3. The predicted octanol–water partition coefficient (Wildman–Crippen LogP) is 3.53. The van der Waals surface area contributed by atoms with Crippen molar-refractivity contribution in [2.24, 2.45) is 0 Å². The third kappa shape index (κ3) is 4.05. The number of hydrogen-bond donors (Lipinski definition) is 1. The Morgan fingerprint density at radius 3 is 2.43 bits per heavy atom. The van der Waals surface area contributed by atoms with Crippen molar-refractivity contribution in [1.29, 1.82) is 0 Å². The zero-order valence-electron chi connectivity index (χ0n) is 14.4. The lowest BCUT2D eigenvalue weighted by atomic mass is 10.0. The summed E-state index contributed by atoms with van der Waals surface area (Å²) in [5.74, 6) is 0.457. The molecule has 4 heteroatoms. The Morgan fingerprint density at radius 2 is 1.83 bits per heavy atom. The van der Waals surface area contributed by atoms with Gasteiger partial charge in [-0.3, -0.25) is 0 Å². The number of rotatable bonds is 3. The molecule has 126 valence electrons. The Kier molecular flexibility index (Phi) is 4.62. The molecule has 1 aliphatic heterocycles. The second-order valence-corrected chi connectivity index (χ2v) is 7.69. The van der Waals surface area contributed by atoms with E-state index >= 15 is 0 Å². The predicted molar refractivity (Wildman–Crippen MR) is 91.6 cm³/mol. The Morgan fingerprint density at radius 1 is 1.17 bits per heavy atom. The van der Waals surface area contributed by atoms with Crippen molar-refractivity contribution in [3.63, 3.8) is 0 Å². The lowest BCUT2D eigenvalue weighted by Gasteiger charge is -2.36. The van der Waals surface area contributed by atoms with Gasteiger partial charge in [-0.2, -0.15) is 0 Å². The number of carbonyl (C=O) groups excluding carboxylic acids is 1. The lowest BCUT2D eigenvalue weighted by Crippen LogP contribution is -2.49. The van der Waals surface area contributed by atoms with Crippen molar-refractivity contribution in [2.75, 3.05) is 13.1 Å². The van der Waals surface area contributed by atoms with Crippen LogP contribution in [0.5, 0.6) is 0 Å². The molecule has 1 N–H and O–H groups in total. The van der Waals surface area contributed by atoms with E-state index in [1.54, 1.807) is 0 Å². The van der Waals surface area contributed by atoms with Gasteiger partial charge in [-0.05, 0) is 58.7 Å². The quantitative estimate of drug-likeness (QED) is 0.927. The van der Waals surface area contributed by atoms with Crippen LogP contribution in [0, 0.1) is 0 Å². The summed E-state index contributed by atoms with van der Waals surface area (Å²) in [4.78, 5) is 14.8. The monoisotopic (exact) mass is 316 g/mol. The Labute approximate surface area is 139 Å². The van der Waals surface area contributed by atoms with E-state index in [2.05, 4.69) is 29.6 Å². The topological polar surface area (TPSA) is 41.6 Å². The first-order valence-electron chi connectivity index (χ1n) is 8.73. The highest BCUT2D eigenvalue weighted by Gasteiger charge is 2.48. The molecule has 1 saturated heterocycles. The maximum atomic E-state index is 12.8. The molecule has 0 spiro atoms. The third-order valence-electron chi connectivity index (χ3n) is 4.65. The van der Waals surface area contributed by atoms with Gasteiger partial charge in [0.1, 0.15) is 5.60 Å². The molecular formula is C19H28N2O2. The van der Waals surface area contributed by atoms with Crippen molar-refractivity contribution in [2.45, 2.75) is 63.6 Å². The molecule has 23 heavy (non-hydrogen) atoms. The molecule has 2 aliphatic rings. The van der Waals surface area contributed by atoms with Crippen LogP contribution in [0.2, 0.25) is 0 Å². The van der Waals surface area contributed by atoms with Crippen LogP contribution in [0.4, 0.5) is 4.79 Å². The van der Waals surface area contributed by atoms with Crippen LogP contribution in [-0.4, -0.2) is 41.8 Å². The number of nitrogens with zero attached hydrogens (tertiary/aromatic N) is 1. The molecule has 1 amide bonds. The highest BCUT2D eigenvalue weighted by Crippen LogP contribution is 2.46. The lowest BCUT2D eigenvalue weighted by molar-refractivity contribution is 0.0102. The summed E-state index contributed by atoms with van der Waals surface area (Å²) in [7, 11) is 0. The smallest absolute Gasteiger partial charge is 0.410 e. The molecule has 2 atom stereocenters. The SMILES string of the molecule is CC(C)(C)OC(=O)N(C1CCNCC1)[C@@H]1C[C@H]1c1ccccc1. The number of nitrogens with one attached hydrogen (secondary N) is 1. The van der Waals surface area contributed by atoms with E-state index in [9.17, 15) is 4.79 Å². The first-order valence-corrected chi connectivity index (χ1v) is 8.73. The number of benzene rings is 1. The van der Waals surface area contributed by atoms with Crippen LogP contribution in [0.25, 0.3) is 0 Å². The van der Waals surface area contributed by atoms with Crippen molar-refractivity contribution >= 4 is 6.09 Å². The van der Waals surface area contributed by atoms with Gasteiger partial charge in [0.15, 0.2) is 0 Å². The van der Waals surface area contributed by atoms with E-state index in [4.69, 9.17) is 4.74 Å². The summed E-state index contributed by atoms with van der Waals surface area (Å²) >= 11 is 0. The van der Waals surface area contributed by atoms with Crippen LogP contribution >= 0.6 is 0 Å². The normalized spacial score (nSPS) is 25.0. The first-order chi connectivity index (χ1) is 11.0. The fourth-order valence-corrected chi connectivity index (χ4v) is 3.50. The van der Waals surface area contributed by atoms with Crippen molar-refractivity contribution in [3.8, 4) is 0 Å². The molecule has 4 nitrogen and oxygen atoms in total. The van der Waals surface area contributed by atoms with Gasteiger partial charge in [0.25, 0.3) is 0 Å². The van der Waals surface area contributed by atoms with E-state index in [1.165, 1.54) is 5.56 Å². The Balaban J connectivity index is 1.75. The van der Waals surface area contributed by atoms with Crippen LogP contribution in [0.1, 0.15) is 51.5 Å². The zero-order valence-corrected chi connectivity index (χ0v) is 14.4. The van der Waals surface area contributed by atoms with Crippen LogP contribution in [-0.2, 0) is 4.74 Å². The second-order valence-electron chi connectivity index (χ2n) is 7.69. The van der Waals surface area contributed by atoms with Gasteiger partial charge in [-0.15, -0.1) is 0 Å². The minimum absolute atomic E-state index is 0.146. The molecule has 1 aromatic rings. The maximum Gasteiger partial charge on any atom is 0.410 e. The van der Waals surface area contributed by atoms with Crippen molar-refractivity contribution < 1.29 is 9.53 Å². The number of carbonyl (C=O) groups is 1. The fourth-order valence-electron chi connectivity index (χ4n) is 3.50. The largest absolute Gasteiger partial charge is 0.444 e. The molecule has 2 fully saturated rings. The number of piperidine rings is 1. The molecule has 1 heterocycles. The standard InChI is InChI=1S/C19H28N2O2/c1-19(2,3)23-18(22)21(15-9-11-20-12-10-15)17-13-16(17)14-7-5-4-6-8-14/h4-8,15-17,20H,9-13H2,1-3H3/t16-,17+/m0/s1. The van der Waals surface area contributed by atoms with Crippen LogP contribution in [0.3, 0.4) is 0 Å². The summed E-state index contributed by atoms with van der Waals surface area (Å²) in [6.07, 6.45) is 2.93. The molecule has 0 unspecified atom stereocenters. The maximum absolute atomic E-state index is 12.8. The average molecular weight is 316 g/mol. The van der Waals surface area contributed by atoms with Gasteiger partial charge in [0.05, 0.1) is 0 Å². The molecule has 1 aliphatic carbocycles. The number of amides is 1. The molecule has 0 radical (unpaired) electrons. The van der Waals surface area contributed by atoms with Gasteiger partial charge in [-0.1, -0.05) is 30.3 Å². The van der Waals surface area contributed by atoms with Crippen LogP contribution in [0.15, 0.2) is 30.3 Å². The van der Waals surface area contributed by atoms with E-state index in [-0.39, 0.29) is 12.1 Å². The second kappa shape index (κ2) is 6.52. The van der Waals surface area contributed by atoms with Crippen molar-refractivity contribution in [1.82, 2.24) is 10.2 Å². The minimum Gasteiger partial charge on any atom is -0.444 e. The summed E-state index contributed by atoms with van der Waals surface area (Å²) in [5.41, 5.74) is 0.888. The summed E-state index contributed by atoms with van der Waals surface area (Å²) in [6.45, 7) is 7.77.